The number of imidazole rings is 1. The van der Waals surface area contributed by atoms with Gasteiger partial charge in [0, 0.05) is 13.1 Å². The van der Waals surface area contributed by atoms with E-state index in [1.54, 1.807) is 0 Å². The minimum atomic E-state index is -0.983. The van der Waals surface area contributed by atoms with Gasteiger partial charge in [0.15, 0.2) is 11.6 Å². The van der Waals surface area contributed by atoms with Crippen molar-refractivity contribution in [3.8, 4) is 0 Å². The molecule has 3 rings (SSSR count). The molecule has 0 saturated heterocycles. The summed E-state index contributed by atoms with van der Waals surface area (Å²) in [6.45, 7) is 2.31. The topological polar surface area (TPSA) is 59.0 Å². The molecule has 0 unspecified atom stereocenters. The minimum absolute atomic E-state index is 0.0319. The van der Waals surface area contributed by atoms with Gasteiger partial charge in [0.2, 0.25) is 5.91 Å². The highest BCUT2D eigenvalue weighted by Gasteiger charge is 2.14. The van der Waals surface area contributed by atoms with Gasteiger partial charge in [0.25, 0.3) is 0 Å². The van der Waals surface area contributed by atoms with E-state index in [0.717, 1.165) is 25.1 Å². The number of hydrogen-bond acceptors (Lipinski definition) is 3. The summed E-state index contributed by atoms with van der Waals surface area (Å²) in [6.07, 6.45) is 7.95. The standard InChI is InChI=1S/C18H24F2N4O/c19-14-6-7-15-18(17(14)20)23-12-24(15)11-16(25)22-9-8-21-10-13-4-2-1-3-5-13/h6-7,12-13,21H,1-5,8-11H2,(H,22,25). The van der Waals surface area contributed by atoms with E-state index in [-0.39, 0.29) is 18.0 Å². The molecule has 1 saturated carbocycles. The summed E-state index contributed by atoms with van der Waals surface area (Å²) >= 11 is 0. The predicted octanol–water partition coefficient (Wildman–Crippen LogP) is 2.60. The van der Waals surface area contributed by atoms with Crippen molar-refractivity contribution in [2.75, 3.05) is 19.6 Å². The second-order valence-corrected chi connectivity index (χ2v) is 6.66. The molecule has 7 heteroatoms. The van der Waals surface area contributed by atoms with E-state index >= 15 is 0 Å². The molecule has 0 aliphatic heterocycles. The third-order valence-corrected chi connectivity index (χ3v) is 4.78. The molecule has 0 atom stereocenters. The van der Waals surface area contributed by atoms with Gasteiger partial charge in [-0.25, -0.2) is 13.8 Å². The number of carbonyl (C=O) groups is 1. The fraction of sp³-hybridized carbons (Fsp3) is 0.556. The normalized spacial score (nSPS) is 15.6. The maximum Gasteiger partial charge on any atom is 0.240 e. The zero-order valence-corrected chi connectivity index (χ0v) is 14.2. The molecule has 1 aliphatic carbocycles. The highest BCUT2D eigenvalue weighted by atomic mass is 19.2. The van der Waals surface area contributed by atoms with E-state index < -0.39 is 11.6 Å². The van der Waals surface area contributed by atoms with E-state index in [9.17, 15) is 13.6 Å². The van der Waals surface area contributed by atoms with Gasteiger partial charge in [-0.15, -0.1) is 0 Å². The minimum Gasteiger partial charge on any atom is -0.353 e. The maximum absolute atomic E-state index is 13.6. The first kappa shape index (κ1) is 17.8. The molecule has 1 aromatic heterocycles. The van der Waals surface area contributed by atoms with Crippen LogP contribution in [0, 0.1) is 17.6 Å². The molecule has 25 heavy (non-hydrogen) atoms. The number of nitrogens with one attached hydrogen (secondary N) is 2. The number of amides is 1. The number of halogens is 2. The quantitative estimate of drug-likeness (QED) is 0.755. The van der Waals surface area contributed by atoms with Crippen LogP contribution in [0.2, 0.25) is 0 Å². The summed E-state index contributed by atoms with van der Waals surface area (Å²) in [5.41, 5.74) is 0.353. The van der Waals surface area contributed by atoms with Gasteiger partial charge in [-0.1, -0.05) is 19.3 Å². The van der Waals surface area contributed by atoms with Crippen LogP contribution in [0.1, 0.15) is 32.1 Å². The average molecular weight is 350 g/mol. The zero-order valence-electron chi connectivity index (χ0n) is 14.2. The first-order valence-corrected chi connectivity index (χ1v) is 8.91. The van der Waals surface area contributed by atoms with E-state index in [1.165, 1.54) is 49.1 Å². The summed E-state index contributed by atoms with van der Waals surface area (Å²) in [5, 5.41) is 6.22. The Labute approximate surface area is 145 Å². The number of benzene rings is 1. The van der Waals surface area contributed by atoms with Crippen LogP contribution in [-0.2, 0) is 11.3 Å². The smallest absolute Gasteiger partial charge is 0.240 e. The Hall–Kier alpha value is -2.02. The molecule has 1 heterocycles. The van der Waals surface area contributed by atoms with Crippen molar-refractivity contribution in [1.29, 1.82) is 0 Å². The predicted molar refractivity (Wildman–Crippen MR) is 92.1 cm³/mol. The first-order chi connectivity index (χ1) is 12.1. The van der Waals surface area contributed by atoms with E-state index in [4.69, 9.17) is 0 Å². The molecule has 1 amide bonds. The third-order valence-electron chi connectivity index (χ3n) is 4.78. The highest BCUT2D eigenvalue weighted by molar-refractivity contribution is 5.80. The van der Waals surface area contributed by atoms with Gasteiger partial charge in [0.05, 0.1) is 11.8 Å². The SMILES string of the molecule is O=C(Cn1cnc2c(F)c(F)ccc21)NCCNCC1CCCCC1. The Morgan fingerprint density at radius 1 is 1.20 bits per heavy atom. The lowest BCUT2D eigenvalue weighted by atomic mass is 9.89. The van der Waals surface area contributed by atoms with E-state index in [0.29, 0.717) is 12.1 Å². The Balaban J connectivity index is 1.41. The molecule has 136 valence electrons. The molecule has 0 spiro atoms. The Morgan fingerprint density at radius 2 is 2.00 bits per heavy atom. The fourth-order valence-corrected chi connectivity index (χ4v) is 3.40. The number of rotatable bonds is 7. The zero-order chi connectivity index (χ0) is 17.6. The average Bonchev–Trinajstić information content (AvgIpc) is 3.02. The maximum atomic E-state index is 13.6. The van der Waals surface area contributed by atoms with Crippen molar-refractivity contribution in [3.63, 3.8) is 0 Å². The summed E-state index contributed by atoms with van der Waals surface area (Å²) < 4.78 is 28.3. The van der Waals surface area contributed by atoms with Crippen LogP contribution in [-0.4, -0.2) is 35.1 Å². The molecule has 2 N–H and O–H groups in total. The first-order valence-electron chi connectivity index (χ1n) is 8.91. The van der Waals surface area contributed by atoms with Crippen molar-refractivity contribution in [3.05, 3.63) is 30.1 Å². The van der Waals surface area contributed by atoms with Crippen molar-refractivity contribution in [1.82, 2.24) is 20.2 Å². The summed E-state index contributed by atoms with van der Waals surface area (Å²) in [4.78, 5) is 15.9. The second kappa shape index (κ2) is 8.38. The van der Waals surface area contributed by atoms with Crippen molar-refractivity contribution in [2.24, 2.45) is 5.92 Å². The largest absolute Gasteiger partial charge is 0.353 e. The Kier molecular flexibility index (Phi) is 5.96. The molecule has 0 bridgehead atoms. The lowest BCUT2D eigenvalue weighted by Crippen LogP contribution is -2.35. The monoisotopic (exact) mass is 350 g/mol. The molecule has 5 nitrogen and oxygen atoms in total. The van der Waals surface area contributed by atoms with Crippen LogP contribution >= 0.6 is 0 Å². The van der Waals surface area contributed by atoms with Crippen LogP contribution in [0.3, 0.4) is 0 Å². The van der Waals surface area contributed by atoms with E-state index in [2.05, 4.69) is 15.6 Å². The van der Waals surface area contributed by atoms with Crippen molar-refractivity contribution >= 4 is 16.9 Å². The van der Waals surface area contributed by atoms with Gasteiger partial charge in [-0.3, -0.25) is 4.79 Å². The third kappa shape index (κ3) is 4.54. The highest BCUT2D eigenvalue weighted by Crippen LogP contribution is 2.22. The molecule has 1 aromatic carbocycles. The molecular weight excluding hydrogens is 326 g/mol. The van der Waals surface area contributed by atoms with E-state index in [1.807, 2.05) is 0 Å². The van der Waals surface area contributed by atoms with Gasteiger partial charge >= 0.3 is 0 Å². The lowest BCUT2D eigenvalue weighted by Gasteiger charge is -2.21. The number of aromatic nitrogens is 2. The van der Waals surface area contributed by atoms with Crippen LogP contribution < -0.4 is 10.6 Å². The summed E-state index contributed by atoms with van der Waals surface area (Å²) in [6, 6.07) is 2.47. The van der Waals surface area contributed by atoms with Crippen LogP contribution in [0.15, 0.2) is 18.5 Å². The number of fused-ring (bicyclic) bond motifs is 1. The number of hydrogen-bond donors (Lipinski definition) is 2. The molecule has 1 aliphatic rings. The van der Waals surface area contributed by atoms with Gasteiger partial charge < -0.3 is 15.2 Å². The van der Waals surface area contributed by atoms with Crippen LogP contribution in [0.25, 0.3) is 11.0 Å². The number of nitrogens with zero attached hydrogens (tertiary/aromatic N) is 2. The number of carbonyl (C=O) groups excluding carboxylic acids is 1. The summed E-state index contributed by atoms with van der Waals surface area (Å²) in [7, 11) is 0. The molecule has 2 aromatic rings. The summed E-state index contributed by atoms with van der Waals surface area (Å²) in [5.74, 6) is -1.34. The lowest BCUT2D eigenvalue weighted by molar-refractivity contribution is -0.121. The van der Waals surface area contributed by atoms with Gasteiger partial charge in [-0.05, 0) is 37.4 Å². The molecule has 1 fully saturated rings. The Morgan fingerprint density at radius 3 is 2.80 bits per heavy atom. The van der Waals surface area contributed by atoms with Crippen molar-refractivity contribution in [2.45, 2.75) is 38.6 Å². The van der Waals surface area contributed by atoms with Crippen LogP contribution in [0.4, 0.5) is 8.78 Å². The van der Waals surface area contributed by atoms with Gasteiger partial charge in [-0.2, -0.15) is 0 Å². The van der Waals surface area contributed by atoms with Crippen LogP contribution in [0.5, 0.6) is 0 Å². The molecular formula is C18H24F2N4O. The Bertz CT molecular complexity index is 725. The molecule has 0 radical (unpaired) electrons. The second-order valence-electron chi connectivity index (χ2n) is 6.66. The van der Waals surface area contributed by atoms with Crippen molar-refractivity contribution < 1.29 is 13.6 Å². The van der Waals surface area contributed by atoms with Gasteiger partial charge in [0.1, 0.15) is 12.1 Å². The fourth-order valence-electron chi connectivity index (χ4n) is 3.40.